The van der Waals surface area contributed by atoms with Crippen LogP contribution in [0.15, 0.2) is 30.9 Å². The fourth-order valence-electron chi connectivity index (χ4n) is 2.51. The lowest BCUT2D eigenvalue weighted by molar-refractivity contribution is 0.264. The third-order valence-corrected chi connectivity index (χ3v) is 3.80. The second kappa shape index (κ2) is 7.68. The van der Waals surface area contributed by atoms with Gasteiger partial charge in [-0.15, -0.1) is 6.58 Å². The highest BCUT2D eigenvalue weighted by molar-refractivity contribution is 5.42. The lowest BCUT2D eigenvalue weighted by atomic mass is 9.82. The molecule has 0 radical (unpaired) electrons. The molecule has 0 bridgehead atoms. The van der Waals surface area contributed by atoms with Crippen LogP contribution in [-0.2, 0) is 5.41 Å². The molecule has 0 amide bonds. The Morgan fingerprint density at radius 2 is 1.90 bits per heavy atom. The van der Waals surface area contributed by atoms with Gasteiger partial charge in [-0.3, -0.25) is 0 Å². The maximum absolute atomic E-state index is 6.03. The van der Waals surface area contributed by atoms with E-state index in [4.69, 9.17) is 4.74 Å². The summed E-state index contributed by atoms with van der Waals surface area (Å²) in [5.74, 6) is 2.14. The van der Waals surface area contributed by atoms with Crippen molar-refractivity contribution < 1.29 is 4.74 Å². The number of benzene rings is 1. The summed E-state index contributed by atoms with van der Waals surface area (Å²) >= 11 is 0. The van der Waals surface area contributed by atoms with E-state index in [1.54, 1.807) is 0 Å². The maximum atomic E-state index is 6.03. The Hall–Kier alpha value is -1.24. The van der Waals surface area contributed by atoms with Crippen LogP contribution in [0.4, 0.5) is 0 Å². The van der Waals surface area contributed by atoms with Crippen LogP contribution in [0.1, 0.15) is 71.4 Å². The number of hydrogen-bond acceptors (Lipinski definition) is 1. The van der Waals surface area contributed by atoms with E-state index in [0.29, 0.717) is 11.8 Å². The molecule has 0 heterocycles. The number of ether oxygens (including phenoxy) is 1. The Kier molecular flexibility index (Phi) is 6.51. The fourth-order valence-corrected chi connectivity index (χ4v) is 2.51. The average molecular weight is 288 g/mol. The largest absolute Gasteiger partial charge is 0.493 e. The first-order chi connectivity index (χ1) is 9.79. The summed E-state index contributed by atoms with van der Waals surface area (Å²) in [5, 5.41) is 0. The van der Waals surface area contributed by atoms with Crippen molar-refractivity contribution >= 4 is 0 Å². The second-order valence-corrected chi connectivity index (χ2v) is 7.34. The van der Waals surface area contributed by atoms with Gasteiger partial charge in [0, 0.05) is 0 Å². The monoisotopic (exact) mass is 288 g/mol. The SMILES string of the molecule is C=CCC(CC)c1ccc(OCC(C)C)c(C(C)(C)C)c1. The molecule has 1 aromatic carbocycles. The molecule has 0 saturated carbocycles. The van der Waals surface area contributed by atoms with Crippen molar-refractivity contribution in [2.45, 2.75) is 65.7 Å². The number of rotatable bonds is 7. The summed E-state index contributed by atoms with van der Waals surface area (Å²) in [6, 6.07) is 6.72. The van der Waals surface area contributed by atoms with Crippen LogP contribution in [-0.4, -0.2) is 6.61 Å². The minimum absolute atomic E-state index is 0.0921. The van der Waals surface area contributed by atoms with Crippen LogP contribution in [0.5, 0.6) is 5.75 Å². The maximum Gasteiger partial charge on any atom is 0.123 e. The average Bonchev–Trinajstić information content (AvgIpc) is 2.41. The molecule has 1 atom stereocenters. The lowest BCUT2D eigenvalue weighted by Gasteiger charge is -2.26. The second-order valence-electron chi connectivity index (χ2n) is 7.34. The van der Waals surface area contributed by atoms with Gasteiger partial charge in [-0.1, -0.05) is 59.8 Å². The minimum atomic E-state index is 0.0921. The van der Waals surface area contributed by atoms with E-state index in [1.165, 1.54) is 11.1 Å². The minimum Gasteiger partial charge on any atom is -0.493 e. The Bertz CT molecular complexity index is 451. The topological polar surface area (TPSA) is 9.23 Å². The molecule has 1 unspecified atom stereocenters. The zero-order valence-electron chi connectivity index (χ0n) is 14.7. The van der Waals surface area contributed by atoms with E-state index in [9.17, 15) is 0 Å². The summed E-state index contributed by atoms with van der Waals surface area (Å²) < 4.78 is 6.03. The molecule has 0 N–H and O–H groups in total. The van der Waals surface area contributed by atoms with Crippen molar-refractivity contribution in [3.8, 4) is 5.75 Å². The van der Waals surface area contributed by atoms with E-state index < -0.39 is 0 Å². The van der Waals surface area contributed by atoms with Gasteiger partial charge in [0.1, 0.15) is 5.75 Å². The molecule has 0 aromatic heterocycles. The molecule has 0 aliphatic carbocycles. The standard InChI is InChI=1S/C20H32O/c1-8-10-16(9-2)17-11-12-19(21-14-15(3)4)18(13-17)20(5,6)7/h8,11-13,15-16H,1,9-10,14H2,2-7H3. The Morgan fingerprint density at radius 1 is 1.24 bits per heavy atom. The van der Waals surface area contributed by atoms with Crippen molar-refractivity contribution in [1.29, 1.82) is 0 Å². The summed E-state index contributed by atoms with van der Waals surface area (Å²) in [4.78, 5) is 0. The first kappa shape index (κ1) is 17.8. The van der Waals surface area contributed by atoms with Crippen molar-refractivity contribution in [3.63, 3.8) is 0 Å². The molecule has 0 saturated heterocycles. The highest BCUT2D eigenvalue weighted by atomic mass is 16.5. The zero-order valence-corrected chi connectivity index (χ0v) is 14.7. The van der Waals surface area contributed by atoms with Gasteiger partial charge < -0.3 is 4.74 Å². The van der Waals surface area contributed by atoms with E-state index in [1.807, 2.05) is 6.08 Å². The smallest absolute Gasteiger partial charge is 0.123 e. The van der Waals surface area contributed by atoms with Crippen LogP contribution in [0.2, 0.25) is 0 Å². The van der Waals surface area contributed by atoms with Gasteiger partial charge in [-0.2, -0.15) is 0 Å². The van der Waals surface area contributed by atoms with Crippen LogP contribution >= 0.6 is 0 Å². The summed E-state index contributed by atoms with van der Waals surface area (Å²) in [7, 11) is 0. The predicted molar refractivity (Wildman–Crippen MR) is 93.3 cm³/mol. The molecule has 1 aromatic rings. The van der Waals surface area contributed by atoms with Crippen molar-refractivity contribution in [2.24, 2.45) is 5.92 Å². The molecule has 0 spiro atoms. The third-order valence-electron chi connectivity index (χ3n) is 3.80. The number of hydrogen-bond donors (Lipinski definition) is 0. The molecule has 0 aliphatic rings. The quantitative estimate of drug-likeness (QED) is 0.552. The van der Waals surface area contributed by atoms with Gasteiger partial charge in [0.2, 0.25) is 0 Å². The Labute approximate surface area is 131 Å². The Morgan fingerprint density at radius 3 is 2.38 bits per heavy atom. The highest BCUT2D eigenvalue weighted by Gasteiger charge is 2.21. The molecule has 1 nitrogen and oxygen atoms in total. The van der Waals surface area contributed by atoms with Crippen LogP contribution in [0.3, 0.4) is 0 Å². The van der Waals surface area contributed by atoms with Crippen LogP contribution in [0, 0.1) is 5.92 Å². The highest BCUT2D eigenvalue weighted by Crippen LogP contribution is 2.35. The van der Waals surface area contributed by atoms with E-state index in [0.717, 1.165) is 25.2 Å². The summed E-state index contributed by atoms with van der Waals surface area (Å²) in [6.07, 6.45) is 4.20. The first-order valence-corrected chi connectivity index (χ1v) is 8.17. The molecular formula is C20H32O. The zero-order chi connectivity index (χ0) is 16.0. The van der Waals surface area contributed by atoms with Crippen LogP contribution in [0.25, 0.3) is 0 Å². The first-order valence-electron chi connectivity index (χ1n) is 8.17. The summed E-state index contributed by atoms with van der Waals surface area (Å²) in [6.45, 7) is 18.0. The molecule has 0 fully saturated rings. The molecule has 21 heavy (non-hydrogen) atoms. The third kappa shape index (κ3) is 5.22. The van der Waals surface area contributed by atoms with E-state index in [2.05, 4.69) is 66.3 Å². The van der Waals surface area contributed by atoms with Crippen molar-refractivity contribution in [1.82, 2.24) is 0 Å². The molecule has 1 rings (SSSR count). The molecule has 1 heteroatoms. The van der Waals surface area contributed by atoms with Gasteiger partial charge >= 0.3 is 0 Å². The normalized spacial score (nSPS) is 13.3. The lowest BCUT2D eigenvalue weighted by Crippen LogP contribution is -2.16. The van der Waals surface area contributed by atoms with Crippen molar-refractivity contribution in [3.05, 3.63) is 42.0 Å². The molecular weight excluding hydrogens is 256 g/mol. The Balaban J connectivity index is 3.14. The van der Waals surface area contributed by atoms with Crippen LogP contribution < -0.4 is 4.74 Å². The van der Waals surface area contributed by atoms with E-state index in [-0.39, 0.29) is 5.41 Å². The van der Waals surface area contributed by atoms with E-state index >= 15 is 0 Å². The fraction of sp³-hybridized carbons (Fsp3) is 0.600. The van der Waals surface area contributed by atoms with Gasteiger partial charge in [-0.25, -0.2) is 0 Å². The van der Waals surface area contributed by atoms with Gasteiger partial charge in [0.15, 0.2) is 0 Å². The van der Waals surface area contributed by atoms with Gasteiger partial charge in [0.25, 0.3) is 0 Å². The van der Waals surface area contributed by atoms with Crippen molar-refractivity contribution in [2.75, 3.05) is 6.61 Å². The number of allylic oxidation sites excluding steroid dienone is 1. The molecule has 118 valence electrons. The van der Waals surface area contributed by atoms with Gasteiger partial charge in [0.05, 0.1) is 6.61 Å². The molecule has 0 aliphatic heterocycles. The van der Waals surface area contributed by atoms with Gasteiger partial charge in [-0.05, 0) is 47.3 Å². The predicted octanol–water partition coefficient (Wildman–Crippen LogP) is 6.09. The summed E-state index contributed by atoms with van der Waals surface area (Å²) in [5.41, 5.74) is 2.80.